The molecule has 0 aliphatic heterocycles. The fourth-order valence-electron chi connectivity index (χ4n) is 1.93. The minimum atomic E-state index is -0.461. The Balaban J connectivity index is 2.53. The Bertz CT molecular complexity index is 655. The standard InChI is InChI=1S/C12H13N3O4S/c1-3-14(6-10(16)19-2)8-4-5-9-11(13-7-20-9)12(8)15(17)18/h4-5,7H,3,6H2,1-2H3. The first kappa shape index (κ1) is 14.2. The second-order valence-electron chi connectivity index (χ2n) is 3.98. The summed E-state index contributed by atoms with van der Waals surface area (Å²) in [4.78, 5) is 27.9. The molecule has 0 aliphatic carbocycles. The number of carbonyl (C=O) groups is 1. The van der Waals surface area contributed by atoms with Gasteiger partial charge in [-0.25, -0.2) is 4.98 Å². The van der Waals surface area contributed by atoms with Crippen molar-refractivity contribution in [3.63, 3.8) is 0 Å². The predicted molar refractivity (Wildman–Crippen MR) is 76.2 cm³/mol. The number of hydrogen-bond donors (Lipinski definition) is 0. The van der Waals surface area contributed by atoms with E-state index in [-0.39, 0.29) is 12.2 Å². The maximum absolute atomic E-state index is 11.4. The van der Waals surface area contributed by atoms with E-state index in [1.165, 1.54) is 18.4 Å². The zero-order chi connectivity index (χ0) is 14.7. The number of likely N-dealkylation sites (N-methyl/N-ethyl adjacent to an activating group) is 1. The van der Waals surface area contributed by atoms with Gasteiger partial charge in [0.05, 0.1) is 22.2 Å². The summed E-state index contributed by atoms with van der Waals surface area (Å²) >= 11 is 1.34. The number of nitrogens with zero attached hydrogens (tertiary/aromatic N) is 3. The van der Waals surface area contributed by atoms with Crippen molar-refractivity contribution in [2.45, 2.75) is 6.92 Å². The summed E-state index contributed by atoms with van der Waals surface area (Å²) in [6.45, 7) is 2.23. The second kappa shape index (κ2) is 5.83. The van der Waals surface area contributed by atoms with E-state index in [0.29, 0.717) is 17.7 Å². The Hall–Kier alpha value is -2.22. The van der Waals surface area contributed by atoms with Crippen LogP contribution in [0.25, 0.3) is 10.2 Å². The molecule has 0 bridgehead atoms. The normalized spacial score (nSPS) is 10.5. The van der Waals surface area contributed by atoms with Gasteiger partial charge in [-0.2, -0.15) is 0 Å². The Morgan fingerprint density at radius 2 is 2.30 bits per heavy atom. The van der Waals surface area contributed by atoms with Crippen molar-refractivity contribution < 1.29 is 14.5 Å². The van der Waals surface area contributed by atoms with Crippen molar-refractivity contribution in [3.05, 3.63) is 27.8 Å². The van der Waals surface area contributed by atoms with Gasteiger partial charge in [0.2, 0.25) is 0 Å². The van der Waals surface area contributed by atoms with Crippen LogP contribution >= 0.6 is 11.3 Å². The number of fused-ring (bicyclic) bond motifs is 1. The second-order valence-corrected chi connectivity index (χ2v) is 4.87. The van der Waals surface area contributed by atoms with Gasteiger partial charge < -0.3 is 9.64 Å². The molecule has 1 heterocycles. The van der Waals surface area contributed by atoms with Crippen molar-refractivity contribution in [1.29, 1.82) is 0 Å². The highest BCUT2D eigenvalue weighted by atomic mass is 32.1. The molecule has 1 aromatic heterocycles. The highest BCUT2D eigenvalue weighted by Crippen LogP contribution is 2.36. The molecule has 106 valence electrons. The van der Waals surface area contributed by atoms with Gasteiger partial charge in [-0.1, -0.05) is 0 Å². The number of aromatic nitrogens is 1. The molecule has 0 spiro atoms. The van der Waals surface area contributed by atoms with E-state index < -0.39 is 10.9 Å². The van der Waals surface area contributed by atoms with E-state index in [9.17, 15) is 14.9 Å². The average Bonchev–Trinajstić information content (AvgIpc) is 2.91. The Kier molecular flexibility index (Phi) is 4.14. The SMILES string of the molecule is CCN(CC(=O)OC)c1ccc2scnc2c1[N+](=O)[O-]. The number of nitro benzene ring substituents is 1. The highest BCUT2D eigenvalue weighted by Gasteiger charge is 2.25. The fraction of sp³-hybridized carbons (Fsp3) is 0.333. The van der Waals surface area contributed by atoms with Crippen molar-refractivity contribution >= 4 is 38.9 Å². The van der Waals surface area contributed by atoms with Gasteiger partial charge in [-0.05, 0) is 19.1 Å². The number of hydrogen-bond acceptors (Lipinski definition) is 7. The number of anilines is 1. The lowest BCUT2D eigenvalue weighted by atomic mass is 10.2. The lowest BCUT2D eigenvalue weighted by Crippen LogP contribution is -2.30. The van der Waals surface area contributed by atoms with Crippen LogP contribution in [0.5, 0.6) is 0 Å². The van der Waals surface area contributed by atoms with E-state index >= 15 is 0 Å². The third-order valence-electron chi connectivity index (χ3n) is 2.91. The smallest absolute Gasteiger partial charge is 0.325 e. The molecule has 0 fully saturated rings. The van der Waals surface area contributed by atoms with Gasteiger partial charge in [0.25, 0.3) is 0 Å². The minimum absolute atomic E-state index is 0.0382. The van der Waals surface area contributed by atoms with Crippen LogP contribution in [0.4, 0.5) is 11.4 Å². The molecule has 2 rings (SSSR count). The number of benzene rings is 1. The molecule has 0 radical (unpaired) electrons. The van der Waals surface area contributed by atoms with Gasteiger partial charge in [-0.15, -0.1) is 11.3 Å². The minimum Gasteiger partial charge on any atom is -0.468 e. The Morgan fingerprint density at radius 3 is 2.90 bits per heavy atom. The fourth-order valence-corrected chi connectivity index (χ4v) is 2.61. The molecule has 20 heavy (non-hydrogen) atoms. The molecule has 2 aromatic rings. The molecule has 0 saturated heterocycles. The summed E-state index contributed by atoms with van der Waals surface area (Å²) in [7, 11) is 1.29. The zero-order valence-corrected chi connectivity index (χ0v) is 11.8. The summed E-state index contributed by atoms with van der Waals surface area (Å²) in [6, 6.07) is 3.42. The maximum Gasteiger partial charge on any atom is 0.325 e. The van der Waals surface area contributed by atoms with Crippen LogP contribution < -0.4 is 4.90 Å². The number of esters is 1. The van der Waals surface area contributed by atoms with Crippen LogP contribution in [0.1, 0.15) is 6.92 Å². The zero-order valence-electron chi connectivity index (χ0n) is 11.0. The summed E-state index contributed by atoms with van der Waals surface area (Å²) in [6.07, 6.45) is 0. The molecule has 7 nitrogen and oxygen atoms in total. The van der Waals surface area contributed by atoms with E-state index in [1.54, 1.807) is 22.5 Å². The number of methoxy groups -OCH3 is 1. The summed E-state index contributed by atoms with van der Waals surface area (Å²) in [5.74, 6) is -0.445. The molecular weight excluding hydrogens is 282 g/mol. The molecule has 1 aromatic carbocycles. The van der Waals surface area contributed by atoms with Crippen LogP contribution in [0.3, 0.4) is 0 Å². The van der Waals surface area contributed by atoms with Crippen LogP contribution in [-0.2, 0) is 9.53 Å². The van der Waals surface area contributed by atoms with Gasteiger partial charge >= 0.3 is 11.7 Å². The lowest BCUT2D eigenvalue weighted by Gasteiger charge is -2.21. The van der Waals surface area contributed by atoms with E-state index in [0.717, 1.165) is 4.70 Å². The summed E-state index contributed by atoms with van der Waals surface area (Å²) in [5, 5.41) is 11.3. The average molecular weight is 295 g/mol. The maximum atomic E-state index is 11.4. The van der Waals surface area contributed by atoms with E-state index in [2.05, 4.69) is 9.72 Å². The Morgan fingerprint density at radius 1 is 1.55 bits per heavy atom. The van der Waals surface area contributed by atoms with Crippen LogP contribution in [-0.4, -0.2) is 36.1 Å². The molecule has 8 heteroatoms. The molecular formula is C12H13N3O4S. The first-order chi connectivity index (χ1) is 9.58. The molecule has 0 aliphatic rings. The van der Waals surface area contributed by atoms with Crippen molar-refractivity contribution in [3.8, 4) is 0 Å². The quantitative estimate of drug-likeness (QED) is 0.477. The predicted octanol–water partition coefficient (Wildman–Crippen LogP) is 2.20. The lowest BCUT2D eigenvalue weighted by molar-refractivity contribution is -0.382. The molecule has 0 amide bonds. The van der Waals surface area contributed by atoms with Crippen molar-refractivity contribution in [2.24, 2.45) is 0 Å². The monoisotopic (exact) mass is 295 g/mol. The molecule has 0 saturated carbocycles. The summed E-state index contributed by atoms with van der Waals surface area (Å²) < 4.78 is 5.36. The third-order valence-corrected chi connectivity index (χ3v) is 3.70. The van der Waals surface area contributed by atoms with Crippen molar-refractivity contribution in [2.75, 3.05) is 25.1 Å². The van der Waals surface area contributed by atoms with E-state index in [4.69, 9.17) is 0 Å². The number of rotatable bonds is 5. The molecule has 0 N–H and O–H groups in total. The third kappa shape index (κ3) is 2.55. The first-order valence-electron chi connectivity index (χ1n) is 5.90. The summed E-state index contributed by atoms with van der Waals surface area (Å²) in [5.41, 5.74) is 2.22. The number of carbonyl (C=O) groups excluding carboxylic acids is 1. The van der Waals surface area contributed by atoms with Crippen LogP contribution in [0.2, 0.25) is 0 Å². The number of nitro groups is 1. The van der Waals surface area contributed by atoms with Gasteiger partial charge in [-0.3, -0.25) is 14.9 Å². The number of thiazole rings is 1. The highest BCUT2D eigenvalue weighted by molar-refractivity contribution is 7.16. The van der Waals surface area contributed by atoms with Crippen LogP contribution in [0.15, 0.2) is 17.6 Å². The Labute approximate surface area is 118 Å². The van der Waals surface area contributed by atoms with Gasteiger partial charge in [0.15, 0.2) is 5.52 Å². The van der Waals surface area contributed by atoms with Crippen molar-refractivity contribution in [1.82, 2.24) is 4.98 Å². The largest absolute Gasteiger partial charge is 0.468 e. The molecule has 0 unspecified atom stereocenters. The number of ether oxygens (including phenoxy) is 1. The first-order valence-corrected chi connectivity index (χ1v) is 6.78. The van der Waals surface area contributed by atoms with Crippen LogP contribution in [0, 0.1) is 10.1 Å². The van der Waals surface area contributed by atoms with E-state index in [1.807, 2.05) is 6.92 Å². The topological polar surface area (TPSA) is 85.6 Å². The molecule has 0 atom stereocenters. The van der Waals surface area contributed by atoms with Gasteiger partial charge in [0.1, 0.15) is 12.2 Å². The van der Waals surface area contributed by atoms with Gasteiger partial charge in [0, 0.05) is 6.54 Å².